The van der Waals surface area contributed by atoms with Crippen molar-refractivity contribution in [1.29, 1.82) is 0 Å². The molecule has 2 N–H and O–H groups in total. The van der Waals surface area contributed by atoms with E-state index in [0.717, 1.165) is 18.5 Å². The molecule has 0 saturated heterocycles. The maximum Gasteiger partial charge on any atom is 0.343 e. The molecule has 0 aliphatic rings. The number of esters is 1. The summed E-state index contributed by atoms with van der Waals surface area (Å²) in [7, 11) is 1.98. The number of rotatable bonds is 13. The Kier molecular flexibility index (Phi) is 12.2. The molecule has 0 saturated carbocycles. The van der Waals surface area contributed by atoms with E-state index < -0.39 is 17.6 Å². The monoisotopic (exact) mass is 537 g/mol. The molecule has 0 heterocycles. The van der Waals surface area contributed by atoms with Crippen LogP contribution in [0.5, 0.6) is 5.75 Å². The van der Waals surface area contributed by atoms with Gasteiger partial charge in [0, 0.05) is 12.0 Å². The molecule has 0 aromatic heterocycles. The second kappa shape index (κ2) is 14.8. The van der Waals surface area contributed by atoms with Crippen LogP contribution in [0, 0.1) is 11.8 Å². The third kappa shape index (κ3) is 11.6. The van der Waals surface area contributed by atoms with Crippen molar-refractivity contribution >= 4 is 17.8 Å². The van der Waals surface area contributed by atoms with Gasteiger partial charge in [-0.05, 0) is 88.9 Å². The van der Waals surface area contributed by atoms with E-state index in [4.69, 9.17) is 4.74 Å². The Labute approximate surface area is 234 Å². The van der Waals surface area contributed by atoms with Gasteiger partial charge in [-0.3, -0.25) is 14.5 Å². The van der Waals surface area contributed by atoms with Gasteiger partial charge in [0.05, 0.1) is 11.6 Å². The number of amides is 2. The van der Waals surface area contributed by atoms with E-state index in [0.29, 0.717) is 36.0 Å². The van der Waals surface area contributed by atoms with Gasteiger partial charge in [-0.1, -0.05) is 58.0 Å². The standard InChI is InChI=1S/C32H47N3O4/c1-22(2)18-19-35(8)28(20-23(3)4)30(37)33-27(29(36)34-32(5,6)7)21-24-14-16-26(17-15-24)39-31(38)25-12-10-9-11-13-25/h9-17,22-23,27-28H,18-21H2,1-8H3,(H,33,37)(H,34,36)/t27-,28-/m0/s1. The van der Waals surface area contributed by atoms with E-state index in [1.165, 1.54) is 0 Å². The maximum atomic E-state index is 13.6. The first-order valence-electron chi connectivity index (χ1n) is 13.9. The minimum atomic E-state index is -0.748. The van der Waals surface area contributed by atoms with Crippen LogP contribution in [0.4, 0.5) is 0 Å². The minimum absolute atomic E-state index is 0.141. The normalized spacial score (nSPS) is 13.3. The quantitative estimate of drug-likeness (QED) is 0.270. The average Bonchev–Trinajstić information content (AvgIpc) is 2.85. The first-order valence-corrected chi connectivity index (χ1v) is 13.9. The number of benzene rings is 2. The van der Waals surface area contributed by atoms with Gasteiger partial charge >= 0.3 is 5.97 Å². The van der Waals surface area contributed by atoms with Gasteiger partial charge in [0.15, 0.2) is 0 Å². The maximum absolute atomic E-state index is 13.6. The number of ether oxygens (including phenoxy) is 1. The second-order valence-corrected chi connectivity index (χ2v) is 12.2. The molecule has 0 bridgehead atoms. The largest absolute Gasteiger partial charge is 0.423 e. The van der Waals surface area contributed by atoms with Crippen molar-refractivity contribution in [3.8, 4) is 5.75 Å². The van der Waals surface area contributed by atoms with Gasteiger partial charge in [0.2, 0.25) is 11.8 Å². The van der Waals surface area contributed by atoms with Crippen molar-refractivity contribution in [1.82, 2.24) is 15.5 Å². The molecule has 2 aromatic carbocycles. The molecule has 0 unspecified atom stereocenters. The lowest BCUT2D eigenvalue weighted by atomic mass is 9.99. The molecule has 0 spiro atoms. The highest BCUT2D eigenvalue weighted by atomic mass is 16.5. The summed E-state index contributed by atoms with van der Waals surface area (Å²) in [4.78, 5) is 41.3. The van der Waals surface area contributed by atoms with Crippen LogP contribution in [0.15, 0.2) is 54.6 Å². The van der Waals surface area contributed by atoms with Gasteiger partial charge in [0.25, 0.3) is 0 Å². The van der Waals surface area contributed by atoms with Crippen LogP contribution < -0.4 is 15.4 Å². The molecule has 2 amide bonds. The third-order valence-corrected chi connectivity index (χ3v) is 6.30. The first-order chi connectivity index (χ1) is 18.2. The molecule has 0 fully saturated rings. The van der Waals surface area contributed by atoms with Gasteiger partial charge in [-0.15, -0.1) is 0 Å². The van der Waals surface area contributed by atoms with Crippen molar-refractivity contribution in [2.45, 2.75) is 85.4 Å². The lowest BCUT2D eigenvalue weighted by molar-refractivity contribution is -0.132. The van der Waals surface area contributed by atoms with Crippen molar-refractivity contribution in [3.63, 3.8) is 0 Å². The molecule has 0 aliphatic carbocycles. The van der Waals surface area contributed by atoms with Crippen LogP contribution in [0.2, 0.25) is 0 Å². The zero-order chi connectivity index (χ0) is 29.2. The summed E-state index contributed by atoms with van der Waals surface area (Å²) >= 11 is 0. The summed E-state index contributed by atoms with van der Waals surface area (Å²) in [5.41, 5.74) is 0.871. The highest BCUT2D eigenvalue weighted by molar-refractivity contribution is 5.91. The summed E-state index contributed by atoms with van der Waals surface area (Å²) in [6.45, 7) is 15.1. The Morgan fingerprint density at radius 2 is 1.49 bits per heavy atom. The Morgan fingerprint density at radius 3 is 2.03 bits per heavy atom. The van der Waals surface area contributed by atoms with Crippen molar-refractivity contribution < 1.29 is 19.1 Å². The predicted molar refractivity (Wildman–Crippen MR) is 157 cm³/mol. The van der Waals surface area contributed by atoms with Crippen LogP contribution in [-0.2, 0) is 16.0 Å². The fourth-order valence-corrected chi connectivity index (χ4v) is 4.15. The van der Waals surface area contributed by atoms with E-state index in [9.17, 15) is 14.4 Å². The molecular formula is C32H47N3O4. The average molecular weight is 538 g/mol. The lowest BCUT2D eigenvalue weighted by Crippen LogP contribution is -2.56. The summed E-state index contributed by atoms with van der Waals surface area (Å²) in [6.07, 6.45) is 2.01. The zero-order valence-corrected chi connectivity index (χ0v) is 24.9. The van der Waals surface area contributed by atoms with Crippen LogP contribution in [-0.4, -0.2) is 53.9 Å². The Balaban J connectivity index is 2.18. The van der Waals surface area contributed by atoms with Crippen LogP contribution in [0.25, 0.3) is 0 Å². The van der Waals surface area contributed by atoms with Gasteiger partial charge in [0.1, 0.15) is 11.8 Å². The number of nitrogens with one attached hydrogen (secondary N) is 2. The smallest absolute Gasteiger partial charge is 0.343 e. The summed E-state index contributed by atoms with van der Waals surface area (Å²) < 4.78 is 5.48. The molecular weight excluding hydrogens is 490 g/mol. The van der Waals surface area contributed by atoms with Gasteiger partial charge in [-0.25, -0.2) is 4.79 Å². The number of nitrogens with zero attached hydrogens (tertiary/aromatic N) is 1. The first kappa shape index (κ1) is 32.0. The Bertz CT molecular complexity index is 1060. The number of carbonyl (C=O) groups excluding carboxylic acids is 3. The molecule has 7 heteroatoms. The van der Waals surface area contributed by atoms with Gasteiger partial charge < -0.3 is 15.4 Å². The van der Waals surface area contributed by atoms with E-state index in [1.54, 1.807) is 36.4 Å². The molecule has 214 valence electrons. The van der Waals surface area contributed by atoms with Crippen LogP contribution in [0.3, 0.4) is 0 Å². The highest BCUT2D eigenvalue weighted by Gasteiger charge is 2.30. The summed E-state index contributed by atoms with van der Waals surface area (Å²) in [5.74, 6) is 0.471. The van der Waals surface area contributed by atoms with E-state index >= 15 is 0 Å². The number of hydrogen-bond donors (Lipinski definition) is 2. The van der Waals surface area contributed by atoms with Crippen molar-refractivity contribution in [3.05, 3.63) is 65.7 Å². The van der Waals surface area contributed by atoms with Crippen molar-refractivity contribution in [2.24, 2.45) is 11.8 Å². The molecule has 2 atom stereocenters. The fourth-order valence-electron chi connectivity index (χ4n) is 4.15. The molecule has 2 aromatic rings. The Morgan fingerprint density at radius 1 is 0.872 bits per heavy atom. The molecule has 0 aliphatic heterocycles. The minimum Gasteiger partial charge on any atom is -0.423 e. The molecule has 0 radical (unpaired) electrons. The molecule has 2 rings (SSSR count). The second-order valence-electron chi connectivity index (χ2n) is 12.2. The van der Waals surface area contributed by atoms with Crippen LogP contribution in [0.1, 0.15) is 77.2 Å². The Hall–Kier alpha value is -3.19. The number of carbonyl (C=O) groups is 3. The fraction of sp³-hybridized carbons (Fsp3) is 0.531. The topological polar surface area (TPSA) is 87.7 Å². The number of hydrogen-bond acceptors (Lipinski definition) is 5. The van der Waals surface area contributed by atoms with E-state index in [1.807, 2.05) is 46.0 Å². The van der Waals surface area contributed by atoms with E-state index in [2.05, 4.69) is 43.2 Å². The van der Waals surface area contributed by atoms with Crippen molar-refractivity contribution in [2.75, 3.05) is 13.6 Å². The third-order valence-electron chi connectivity index (χ3n) is 6.30. The summed E-state index contributed by atoms with van der Waals surface area (Å²) in [5, 5.41) is 6.07. The lowest BCUT2D eigenvalue weighted by Gasteiger charge is -2.31. The number of likely N-dealkylation sites (N-methyl/N-ethyl adjacent to an activating group) is 1. The van der Waals surface area contributed by atoms with Gasteiger partial charge in [-0.2, -0.15) is 0 Å². The van der Waals surface area contributed by atoms with Crippen LogP contribution >= 0.6 is 0 Å². The highest BCUT2D eigenvalue weighted by Crippen LogP contribution is 2.17. The predicted octanol–water partition coefficient (Wildman–Crippen LogP) is 5.24. The van der Waals surface area contributed by atoms with E-state index in [-0.39, 0.29) is 17.9 Å². The summed E-state index contributed by atoms with van der Waals surface area (Å²) in [6, 6.07) is 14.8. The zero-order valence-electron chi connectivity index (χ0n) is 24.9. The SMILES string of the molecule is CC(C)CCN(C)[C@@H](CC(C)C)C(=O)N[C@@H](Cc1ccc(OC(=O)c2ccccc2)cc1)C(=O)NC(C)(C)C. The molecule has 7 nitrogen and oxygen atoms in total. The molecule has 39 heavy (non-hydrogen) atoms.